The van der Waals surface area contributed by atoms with Crippen LogP contribution in [-0.4, -0.2) is 182 Å². The van der Waals surface area contributed by atoms with E-state index in [4.69, 9.17) is 5.73 Å². The van der Waals surface area contributed by atoms with E-state index in [0.717, 1.165) is 0 Å². The summed E-state index contributed by atoms with van der Waals surface area (Å²) in [4.78, 5) is 136. The second-order valence-corrected chi connectivity index (χ2v) is 16.5. The van der Waals surface area contributed by atoms with Crippen molar-refractivity contribution in [1.82, 2.24) is 46.2 Å². The van der Waals surface area contributed by atoms with Crippen molar-refractivity contribution >= 4 is 59.1 Å². The van der Waals surface area contributed by atoms with Gasteiger partial charge in [0.15, 0.2) is 0 Å². The number of carboxylic acid groups (broad SMARTS) is 1. The zero-order valence-corrected chi connectivity index (χ0v) is 35.7. The average Bonchev–Trinajstić information content (AvgIpc) is 4.05. The Balaban J connectivity index is 1.30. The minimum atomic E-state index is -1.48. The van der Waals surface area contributed by atoms with Crippen LogP contribution in [0.15, 0.2) is 0 Å². The highest BCUT2D eigenvalue weighted by molar-refractivity contribution is 5.99. The van der Waals surface area contributed by atoms with Crippen LogP contribution in [0.2, 0.25) is 0 Å². The highest BCUT2D eigenvalue weighted by Gasteiger charge is 2.44. The number of aliphatic carboxylic acids is 1. The largest absolute Gasteiger partial charge is 0.480 e. The molecule has 0 unspecified atom stereocenters. The molecule has 0 aromatic carbocycles. The molecule has 9 N–H and O–H groups in total. The first-order valence-electron chi connectivity index (χ1n) is 21.1. The van der Waals surface area contributed by atoms with Gasteiger partial charge in [-0.05, 0) is 92.9 Å². The zero-order valence-electron chi connectivity index (χ0n) is 35.7. The summed E-state index contributed by atoms with van der Waals surface area (Å²) in [6.07, 6.45) is 1.77. The smallest absolute Gasteiger partial charge is 0.325 e. The summed E-state index contributed by atoms with van der Waals surface area (Å²) >= 11 is 0. The molecule has 61 heavy (non-hydrogen) atoms. The van der Waals surface area contributed by atoms with Crippen LogP contribution in [0.4, 0.5) is 0 Å². The molecule has 0 radical (unpaired) electrons. The fourth-order valence-corrected chi connectivity index (χ4v) is 8.31. The van der Waals surface area contributed by atoms with Crippen molar-refractivity contribution in [3.05, 3.63) is 0 Å². The molecule has 9 amide bonds. The van der Waals surface area contributed by atoms with Crippen LogP contribution < -0.4 is 32.3 Å². The molecule has 0 spiro atoms. The maximum atomic E-state index is 13.6. The lowest BCUT2D eigenvalue weighted by Gasteiger charge is -2.32. The summed E-state index contributed by atoms with van der Waals surface area (Å²) in [6, 6.07) is -10.5. The Morgan fingerprint density at radius 2 is 0.803 bits per heavy atom. The minimum absolute atomic E-state index is 0.136. The number of carbonyl (C=O) groups excluding carboxylic acids is 9. The van der Waals surface area contributed by atoms with E-state index in [0.29, 0.717) is 45.1 Å². The maximum Gasteiger partial charge on any atom is 0.325 e. The van der Waals surface area contributed by atoms with Gasteiger partial charge in [0.25, 0.3) is 0 Å². The second-order valence-electron chi connectivity index (χ2n) is 16.5. The first-order valence-corrected chi connectivity index (χ1v) is 21.1. The normalized spacial score (nSPS) is 24.7. The van der Waals surface area contributed by atoms with E-state index >= 15 is 0 Å². The molecule has 4 aliphatic heterocycles. The van der Waals surface area contributed by atoms with Crippen molar-refractivity contribution < 1.29 is 58.2 Å². The number of aliphatic hydroxyl groups excluding tert-OH is 1. The number of likely N-dealkylation sites (tertiary alicyclic amines) is 4. The van der Waals surface area contributed by atoms with E-state index in [9.17, 15) is 58.2 Å². The number of amides is 9. The quantitative estimate of drug-likeness (QED) is 0.0741. The third-order valence-electron chi connectivity index (χ3n) is 11.7. The van der Waals surface area contributed by atoms with Crippen molar-refractivity contribution in [1.29, 1.82) is 0 Å². The van der Waals surface area contributed by atoms with Crippen molar-refractivity contribution in [3.8, 4) is 0 Å². The first-order chi connectivity index (χ1) is 28.7. The average molecular weight is 863 g/mol. The lowest BCUT2D eigenvalue weighted by atomic mass is 10.1. The van der Waals surface area contributed by atoms with Crippen LogP contribution in [-0.2, 0) is 47.9 Å². The second kappa shape index (κ2) is 20.9. The van der Waals surface area contributed by atoms with Gasteiger partial charge in [0.2, 0.25) is 53.2 Å². The summed E-state index contributed by atoms with van der Waals surface area (Å²) < 4.78 is 0. The third-order valence-corrected chi connectivity index (χ3v) is 11.7. The number of nitrogens with two attached hydrogens (primary N) is 1. The Morgan fingerprint density at radius 3 is 1.18 bits per heavy atom. The fourth-order valence-electron chi connectivity index (χ4n) is 8.31. The van der Waals surface area contributed by atoms with Gasteiger partial charge in [-0.25, -0.2) is 0 Å². The standard InChI is InChI=1S/C39H62N10O12/c1-19(40)35(56)46-15-7-11-25(46)32(53)43-22(4)37(58)47-16-8-12-26(47)31(52)41-20(2)30(51)42-21(3)36(57)48-17-9-14-28(48)34(55)45-29(24(6)50)38(59)49-18-10-13-27(49)33(54)44-23(5)39(60)61/h19-29,50H,7-18,40H2,1-6H3,(H,41,52)(H,42,51)(H,43,53)(H,44,54)(H,45,55)(H,60,61)/t19-,20-,21-,22-,23-,24+,25-,26-,27-,28-,29-/m0/s1. The van der Waals surface area contributed by atoms with Gasteiger partial charge in [-0.2, -0.15) is 0 Å². The van der Waals surface area contributed by atoms with E-state index in [-0.39, 0.29) is 38.4 Å². The number of nitrogens with one attached hydrogen (secondary N) is 5. The Kier molecular flexibility index (Phi) is 16.6. The summed E-state index contributed by atoms with van der Waals surface area (Å²) in [5.74, 6) is -6.70. The monoisotopic (exact) mass is 862 g/mol. The van der Waals surface area contributed by atoms with Gasteiger partial charge in [-0.3, -0.25) is 47.9 Å². The third kappa shape index (κ3) is 11.5. The van der Waals surface area contributed by atoms with Crippen molar-refractivity contribution in [2.45, 2.75) is 159 Å². The molecule has 4 heterocycles. The van der Waals surface area contributed by atoms with Gasteiger partial charge >= 0.3 is 5.97 Å². The van der Waals surface area contributed by atoms with Crippen LogP contribution in [0, 0.1) is 0 Å². The number of hydrogen-bond donors (Lipinski definition) is 8. The lowest BCUT2D eigenvalue weighted by molar-refractivity contribution is -0.147. The fraction of sp³-hybridized carbons (Fsp3) is 0.744. The first kappa shape index (κ1) is 48.3. The summed E-state index contributed by atoms with van der Waals surface area (Å²) in [7, 11) is 0. The van der Waals surface area contributed by atoms with Gasteiger partial charge in [0.1, 0.15) is 54.4 Å². The van der Waals surface area contributed by atoms with Crippen LogP contribution in [0.25, 0.3) is 0 Å². The Morgan fingerprint density at radius 1 is 0.475 bits per heavy atom. The molecule has 340 valence electrons. The molecule has 4 fully saturated rings. The molecule has 11 atom stereocenters. The number of carbonyl (C=O) groups is 10. The molecule has 0 aromatic rings. The molecule has 22 heteroatoms. The van der Waals surface area contributed by atoms with Crippen LogP contribution in [0.1, 0.15) is 92.9 Å². The van der Waals surface area contributed by atoms with Gasteiger partial charge in [-0.15, -0.1) is 0 Å². The lowest BCUT2D eigenvalue weighted by Crippen LogP contribution is -2.60. The Hall–Kier alpha value is -5.38. The van der Waals surface area contributed by atoms with Gasteiger partial charge < -0.3 is 62.1 Å². The summed E-state index contributed by atoms with van der Waals surface area (Å²) in [5.41, 5.74) is 5.74. The Bertz CT molecular complexity index is 1730. The SMILES string of the molecule is C[C@H](N)C(=O)N1CCC[C@H]1C(=O)N[C@@H](C)C(=O)N1CCC[C@H]1C(=O)N[C@@H](C)C(=O)N[C@@H](C)C(=O)N1CCC[C@H]1C(=O)N[C@H](C(=O)N1CCC[C@H]1C(=O)N[C@@H](C)C(=O)O)[C@@H](C)O. The highest BCUT2D eigenvalue weighted by Crippen LogP contribution is 2.23. The van der Waals surface area contributed by atoms with Gasteiger partial charge in [0.05, 0.1) is 12.1 Å². The van der Waals surface area contributed by atoms with Crippen LogP contribution in [0.5, 0.6) is 0 Å². The molecule has 0 saturated carbocycles. The van der Waals surface area contributed by atoms with E-state index in [1.165, 1.54) is 61.1 Å². The maximum absolute atomic E-state index is 13.6. The summed E-state index contributed by atoms with van der Waals surface area (Å²) in [5, 5.41) is 32.4. The van der Waals surface area contributed by atoms with Crippen LogP contribution >= 0.6 is 0 Å². The van der Waals surface area contributed by atoms with Crippen LogP contribution in [0.3, 0.4) is 0 Å². The van der Waals surface area contributed by atoms with Crippen molar-refractivity contribution in [2.75, 3.05) is 26.2 Å². The number of nitrogens with zero attached hydrogens (tertiary/aromatic N) is 4. The molecule has 0 bridgehead atoms. The molecule has 4 aliphatic rings. The number of aliphatic hydroxyl groups is 1. The zero-order chi connectivity index (χ0) is 45.5. The predicted octanol–water partition coefficient (Wildman–Crippen LogP) is -3.73. The molecule has 4 rings (SSSR count). The molecular weight excluding hydrogens is 800 g/mol. The predicted molar refractivity (Wildman–Crippen MR) is 214 cm³/mol. The molecule has 0 aliphatic carbocycles. The van der Waals surface area contributed by atoms with E-state index in [1.54, 1.807) is 0 Å². The van der Waals surface area contributed by atoms with Crippen molar-refractivity contribution in [2.24, 2.45) is 5.73 Å². The number of hydrogen-bond acceptors (Lipinski definition) is 12. The van der Waals surface area contributed by atoms with Gasteiger partial charge in [0, 0.05) is 26.2 Å². The van der Waals surface area contributed by atoms with E-state index < -0.39 is 120 Å². The molecule has 22 nitrogen and oxygen atoms in total. The molecular formula is C39H62N10O12. The summed E-state index contributed by atoms with van der Waals surface area (Å²) in [6.45, 7) is 9.33. The highest BCUT2D eigenvalue weighted by atomic mass is 16.4. The van der Waals surface area contributed by atoms with Gasteiger partial charge in [-0.1, -0.05) is 0 Å². The van der Waals surface area contributed by atoms with E-state index in [2.05, 4.69) is 26.6 Å². The molecule has 4 saturated heterocycles. The number of rotatable bonds is 16. The number of carboxylic acids is 1. The minimum Gasteiger partial charge on any atom is -0.480 e. The van der Waals surface area contributed by atoms with Crippen molar-refractivity contribution in [3.63, 3.8) is 0 Å². The van der Waals surface area contributed by atoms with E-state index in [1.807, 2.05) is 0 Å². The topological polar surface area (TPSA) is 310 Å². The molecule has 0 aromatic heterocycles. The Labute approximate surface area is 354 Å².